The summed E-state index contributed by atoms with van der Waals surface area (Å²) >= 11 is 5.27. The largest absolute Gasteiger partial charge is 0.497 e. The lowest BCUT2D eigenvalue weighted by molar-refractivity contribution is 0.412. The number of hydrogen-bond acceptors (Lipinski definition) is 4. The van der Waals surface area contributed by atoms with Crippen LogP contribution in [0, 0.1) is 0 Å². The van der Waals surface area contributed by atoms with Gasteiger partial charge in [0.2, 0.25) is 0 Å². The van der Waals surface area contributed by atoms with Gasteiger partial charge in [0.25, 0.3) is 0 Å². The first-order valence-electron chi connectivity index (χ1n) is 9.93. The quantitative estimate of drug-likeness (QED) is 0.295. The third-order valence-corrected chi connectivity index (χ3v) is 6.49. The molecule has 4 nitrogen and oxygen atoms in total. The topological polar surface area (TPSA) is 35.8 Å². The molecular formula is C25H23BrN2O2S. The molecule has 1 heterocycles. The lowest BCUT2D eigenvalue weighted by Gasteiger charge is -2.11. The summed E-state index contributed by atoms with van der Waals surface area (Å²) in [5.41, 5.74) is 4.46. The van der Waals surface area contributed by atoms with Crippen molar-refractivity contribution >= 4 is 33.0 Å². The van der Waals surface area contributed by atoms with Crippen LogP contribution < -0.4 is 14.3 Å². The first-order valence-corrected chi connectivity index (χ1v) is 11.6. The van der Waals surface area contributed by atoms with Crippen LogP contribution in [0.2, 0.25) is 0 Å². The summed E-state index contributed by atoms with van der Waals surface area (Å²) in [5.74, 6) is 1.69. The molecule has 0 unspecified atom stereocenters. The van der Waals surface area contributed by atoms with E-state index in [4.69, 9.17) is 14.5 Å². The number of para-hydroxylation sites is 1. The van der Waals surface area contributed by atoms with Gasteiger partial charge >= 0.3 is 0 Å². The Labute approximate surface area is 194 Å². The van der Waals surface area contributed by atoms with Crippen molar-refractivity contribution in [1.82, 2.24) is 4.57 Å². The Morgan fingerprint density at radius 2 is 1.71 bits per heavy atom. The fourth-order valence-corrected chi connectivity index (χ4v) is 4.83. The fourth-order valence-electron chi connectivity index (χ4n) is 3.34. The molecule has 158 valence electrons. The first-order chi connectivity index (χ1) is 15.2. The molecule has 0 aliphatic rings. The standard InChI is InChI=1S/C25H23BrN2O2S/c1-29-21-11-8-18(9-12-21)14-15-28-23(19-10-13-24(30-2)22(26)16-19)17-31-25(28)27-20-6-4-3-5-7-20/h3-13,16-17H,14-15H2,1-2H3. The Morgan fingerprint density at radius 1 is 0.935 bits per heavy atom. The van der Waals surface area contributed by atoms with Gasteiger partial charge in [-0.25, -0.2) is 4.99 Å². The highest BCUT2D eigenvalue weighted by Crippen LogP contribution is 2.31. The SMILES string of the molecule is COc1ccc(CCn2c(-c3ccc(OC)c(Br)c3)csc2=Nc2ccccc2)cc1. The lowest BCUT2D eigenvalue weighted by atomic mass is 10.1. The van der Waals surface area contributed by atoms with Crippen molar-refractivity contribution in [2.75, 3.05) is 14.2 Å². The summed E-state index contributed by atoms with van der Waals surface area (Å²) in [7, 11) is 3.36. The van der Waals surface area contributed by atoms with E-state index in [0.717, 1.165) is 50.7 Å². The summed E-state index contributed by atoms with van der Waals surface area (Å²) in [6, 6.07) is 24.5. The van der Waals surface area contributed by atoms with Gasteiger partial charge < -0.3 is 14.0 Å². The zero-order chi connectivity index (χ0) is 21.6. The molecule has 3 aromatic carbocycles. The van der Waals surface area contributed by atoms with Gasteiger partial charge in [0.05, 0.1) is 30.1 Å². The number of halogens is 1. The minimum absolute atomic E-state index is 0.818. The number of ether oxygens (including phenoxy) is 2. The van der Waals surface area contributed by atoms with E-state index < -0.39 is 0 Å². The Kier molecular flexibility index (Phi) is 6.89. The van der Waals surface area contributed by atoms with Crippen molar-refractivity contribution in [3.05, 3.63) is 93.0 Å². The van der Waals surface area contributed by atoms with Gasteiger partial charge in [-0.05, 0) is 70.4 Å². The van der Waals surface area contributed by atoms with Crippen molar-refractivity contribution in [2.24, 2.45) is 4.99 Å². The van der Waals surface area contributed by atoms with E-state index in [1.807, 2.05) is 48.5 Å². The van der Waals surface area contributed by atoms with E-state index in [9.17, 15) is 0 Å². The van der Waals surface area contributed by atoms with Crippen LogP contribution in [0.1, 0.15) is 5.56 Å². The van der Waals surface area contributed by atoms with E-state index >= 15 is 0 Å². The molecule has 0 aliphatic heterocycles. The van der Waals surface area contributed by atoms with Crippen LogP contribution in [-0.2, 0) is 13.0 Å². The molecule has 0 fully saturated rings. The van der Waals surface area contributed by atoms with Gasteiger partial charge in [0, 0.05) is 17.5 Å². The lowest BCUT2D eigenvalue weighted by Crippen LogP contribution is -2.17. The molecule has 6 heteroatoms. The summed E-state index contributed by atoms with van der Waals surface area (Å²) in [6.45, 7) is 0.820. The Balaban J connectivity index is 1.72. The number of methoxy groups -OCH3 is 2. The van der Waals surface area contributed by atoms with Crippen molar-refractivity contribution in [3.8, 4) is 22.8 Å². The van der Waals surface area contributed by atoms with Crippen molar-refractivity contribution in [2.45, 2.75) is 13.0 Å². The third-order valence-electron chi connectivity index (χ3n) is 5.01. The molecule has 0 bridgehead atoms. The van der Waals surface area contributed by atoms with Gasteiger partial charge in [-0.1, -0.05) is 30.3 Å². The Morgan fingerprint density at radius 3 is 2.39 bits per heavy atom. The number of thiazole rings is 1. The number of hydrogen-bond donors (Lipinski definition) is 0. The van der Waals surface area contributed by atoms with Gasteiger partial charge in [0.15, 0.2) is 4.80 Å². The molecule has 4 rings (SSSR count). The zero-order valence-electron chi connectivity index (χ0n) is 17.4. The molecule has 31 heavy (non-hydrogen) atoms. The summed E-state index contributed by atoms with van der Waals surface area (Å²) in [6.07, 6.45) is 0.896. The predicted octanol–water partition coefficient (Wildman–Crippen LogP) is 6.47. The smallest absolute Gasteiger partial charge is 0.190 e. The van der Waals surface area contributed by atoms with E-state index in [0.29, 0.717) is 0 Å². The molecule has 0 atom stereocenters. The fraction of sp³-hybridized carbons (Fsp3) is 0.160. The molecule has 0 saturated heterocycles. The van der Waals surface area contributed by atoms with Gasteiger partial charge in [-0.3, -0.25) is 0 Å². The minimum atomic E-state index is 0.818. The van der Waals surface area contributed by atoms with Gasteiger partial charge in [-0.2, -0.15) is 0 Å². The highest BCUT2D eigenvalue weighted by molar-refractivity contribution is 9.10. The first kappa shape index (κ1) is 21.4. The monoisotopic (exact) mass is 494 g/mol. The second-order valence-corrected chi connectivity index (χ2v) is 8.64. The van der Waals surface area contributed by atoms with E-state index in [2.05, 4.69) is 50.1 Å². The number of rotatable bonds is 7. The molecule has 0 saturated carbocycles. The van der Waals surface area contributed by atoms with Gasteiger partial charge in [-0.15, -0.1) is 11.3 Å². The second kappa shape index (κ2) is 9.98. The highest BCUT2D eigenvalue weighted by atomic mass is 79.9. The highest BCUT2D eigenvalue weighted by Gasteiger charge is 2.11. The Bertz CT molecular complexity index is 1210. The summed E-state index contributed by atoms with van der Waals surface area (Å²) in [5, 5.41) is 2.17. The molecule has 0 N–H and O–H groups in total. The van der Waals surface area contributed by atoms with Gasteiger partial charge in [0.1, 0.15) is 11.5 Å². The molecule has 0 spiro atoms. The van der Waals surface area contributed by atoms with Crippen LogP contribution >= 0.6 is 27.3 Å². The number of benzene rings is 3. The average Bonchev–Trinajstić information content (AvgIpc) is 3.21. The maximum absolute atomic E-state index is 5.39. The van der Waals surface area contributed by atoms with Crippen LogP contribution in [-0.4, -0.2) is 18.8 Å². The van der Waals surface area contributed by atoms with Crippen LogP contribution in [0.15, 0.2) is 87.6 Å². The molecule has 4 aromatic rings. The van der Waals surface area contributed by atoms with Crippen molar-refractivity contribution < 1.29 is 9.47 Å². The molecule has 0 amide bonds. The van der Waals surface area contributed by atoms with Crippen molar-refractivity contribution in [3.63, 3.8) is 0 Å². The van der Waals surface area contributed by atoms with Crippen LogP contribution in [0.25, 0.3) is 11.3 Å². The zero-order valence-corrected chi connectivity index (χ0v) is 19.8. The number of aryl methyl sites for hydroxylation is 1. The van der Waals surface area contributed by atoms with E-state index in [-0.39, 0.29) is 0 Å². The maximum atomic E-state index is 5.39. The predicted molar refractivity (Wildman–Crippen MR) is 130 cm³/mol. The van der Waals surface area contributed by atoms with Crippen molar-refractivity contribution in [1.29, 1.82) is 0 Å². The summed E-state index contributed by atoms with van der Waals surface area (Å²) < 4.78 is 13.9. The average molecular weight is 495 g/mol. The second-order valence-electron chi connectivity index (χ2n) is 6.95. The minimum Gasteiger partial charge on any atom is -0.497 e. The third kappa shape index (κ3) is 5.09. The van der Waals surface area contributed by atoms with Crippen LogP contribution in [0.4, 0.5) is 5.69 Å². The normalized spacial score (nSPS) is 11.5. The molecule has 0 radical (unpaired) electrons. The Hall–Kier alpha value is -2.83. The van der Waals surface area contributed by atoms with Crippen LogP contribution in [0.5, 0.6) is 11.5 Å². The summed E-state index contributed by atoms with van der Waals surface area (Å²) in [4.78, 5) is 5.88. The van der Waals surface area contributed by atoms with Crippen LogP contribution in [0.3, 0.4) is 0 Å². The number of nitrogens with zero attached hydrogens (tertiary/aromatic N) is 2. The van der Waals surface area contributed by atoms with E-state index in [1.54, 1.807) is 25.6 Å². The number of aromatic nitrogens is 1. The molecule has 1 aromatic heterocycles. The maximum Gasteiger partial charge on any atom is 0.190 e. The molecular weight excluding hydrogens is 472 g/mol. The molecule has 0 aliphatic carbocycles. The van der Waals surface area contributed by atoms with E-state index in [1.165, 1.54) is 5.56 Å².